The topological polar surface area (TPSA) is 96.0 Å². The first-order chi connectivity index (χ1) is 15.7. The number of amides is 2. The van der Waals surface area contributed by atoms with Crippen molar-refractivity contribution in [2.75, 3.05) is 20.2 Å². The van der Waals surface area contributed by atoms with Gasteiger partial charge in [0.05, 0.1) is 0 Å². The van der Waals surface area contributed by atoms with Crippen molar-refractivity contribution >= 4 is 17.2 Å². The molecule has 2 aromatic rings. The molecule has 4 rings (SSSR count). The molecular formula is C25H34N6O2. The molecule has 2 unspecified atom stereocenters. The number of likely N-dealkylation sites (tertiary alicyclic amines) is 1. The molecule has 2 amide bonds. The maximum absolute atomic E-state index is 13.3. The molecule has 2 heterocycles. The van der Waals surface area contributed by atoms with Crippen molar-refractivity contribution < 1.29 is 9.53 Å². The first-order valence-electron chi connectivity index (χ1n) is 11.6. The molecule has 0 spiro atoms. The zero-order valence-corrected chi connectivity index (χ0v) is 20.1. The number of H-pyrrole nitrogens is 1. The van der Waals surface area contributed by atoms with Gasteiger partial charge in [0.15, 0.2) is 5.72 Å². The summed E-state index contributed by atoms with van der Waals surface area (Å²) >= 11 is 0. The maximum atomic E-state index is 13.3. The Labute approximate surface area is 195 Å². The van der Waals surface area contributed by atoms with Gasteiger partial charge in [-0.3, -0.25) is 0 Å². The lowest BCUT2D eigenvalue weighted by Crippen LogP contribution is -2.58. The summed E-state index contributed by atoms with van der Waals surface area (Å²) in [5.41, 5.74) is 2.13. The summed E-state index contributed by atoms with van der Waals surface area (Å²) < 4.78 is 5.97. The number of aromatic nitrogens is 4. The molecule has 1 aromatic heterocycles. The second kappa shape index (κ2) is 9.09. The standard InChI is InChI=1S/C25H34N6O2/c1-17-21(22-27-29-30-28-22)20(18-9-7-6-8-10-18)11-14-25(17,33-5)26-23(32)31-15-12-19(13-16-31)24(2,3)4/h6-11,14,17,19H,12-13,15-16H2,1-5H3,(H,26,32)(H,27,28,29,30). The highest BCUT2D eigenvalue weighted by molar-refractivity contribution is 5.97. The number of hydrogen-bond donors (Lipinski definition) is 2. The number of urea groups is 1. The fourth-order valence-corrected chi connectivity index (χ4v) is 4.99. The van der Waals surface area contributed by atoms with Crippen LogP contribution in [0.25, 0.3) is 11.1 Å². The normalized spacial score (nSPS) is 24.3. The van der Waals surface area contributed by atoms with Gasteiger partial charge in [-0.25, -0.2) is 4.79 Å². The lowest BCUT2D eigenvalue weighted by molar-refractivity contribution is -0.0185. The smallest absolute Gasteiger partial charge is 0.319 e. The number of nitrogens with zero attached hydrogens (tertiary/aromatic N) is 4. The van der Waals surface area contributed by atoms with Gasteiger partial charge in [-0.05, 0) is 46.6 Å². The molecule has 1 aliphatic heterocycles. The Kier molecular flexibility index (Phi) is 6.38. The second-order valence-electron chi connectivity index (χ2n) is 10.0. The summed E-state index contributed by atoms with van der Waals surface area (Å²) in [4.78, 5) is 15.2. The van der Waals surface area contributed by atoms with E-state index in [0.717, 1.165) is 42.6 Å². The zero-order chi connectivity index (χ0) is 23.6. The molecule has 0 saturated carbocycles. The SMILES string of the molecule is COC1(NC(=O)N2CCC(C(C)(C)C)CC2)C=CC(c2ccccc2)=C(c2nn[nH]n2)C1C. The molecule has 1 aliphatic carbocycles. The zero-order valence-electron chi connectivity index (χ0n) is 20.1. The Bertz CT molecular complexity index is 1020. The van der Waals surface area contributed by atoms with Crippen LogP contribution in [0.5, 0.6) is 0 Å². The first-order valence-corrected chi connectivity index (χ1v) is 11.6. The number of ether oxygens (including phenoxy) is 1. The quantitative estimate of drug-likeness (QED) is 0.683. The molecule has 0 bridgehead atoms. The molecule has 2 N–H and O–H groups in total. The fraction of sp³-hybridized carbons (Fsp3) is 0.520. The molecule has 2 atom stereocenters. The molecule has 8 heteroatoms. The number of carbonyl (C=O) groups is 1. The van der Waals surface area contributed by atoms with Gasteiger partial charge in [0.1, 0.15) is 0 Å². The van der Waals surface area contributed by atoms with E-state index in [1.165, 1.54) is 0 Å². The highest BCUT2D eigenvalue weighted by Gasteiger charge is 2.44. The summed E-state index contributed by atoms with van der Waals surface area (Å²) in [5, 5.41) is 18.0. The third-order valence-electron chi connectivity index (χ3n) is 7.18. The average Bonchev–Trinajstić information content (AvgIpc) is 3.35. The Morgan fingerprint density at radius 3 is 2.48 bits per heavy atom. The number of benzene rings is 1. The Morgan fingerprint density at radius 1 is 1.21 bits per heavy atom. The van der Waals surface area contributed by atoms with Crippen LogP contribution in [0.4, 0.5) is 4.79 Å². The van der Waals surface area contributed by atoms with Crippen LogP contribution in [0.2, 0.25) is 0 Å². The number of tetrazole rings is 1. The third kappa shape index (κ3) is 4.57. The predicted octanol–water partition coefficient (Wildman–Crippen LogP) is 4.13. The van der Waals surface area contributed by atoms with E-state index < -0.39 is 5.72 Å². The van der Waals surface area contributed by atoms with Crippen LogP contribution in [-0.2, 0) is 4.74 Å². The number of aromatic amines is 1. The lowest BCUT2D eigenvalue weighted by Gasteiger charge is -2.43. The molecule has 8 nitrogen and oxygen atoms in total. The van der Waals surface area contributed by atoms with Gasteiger partial charge in [-0.1, -0.05) is 64.1 Å². The second-order valence-corrected chi connectivity index (χ2v) is 10.0. The Balaban J connectivity index is 1.59. The first kappa shape index (κ1) is 23.2. The average molecular weight is 451 g/mol. The minimum atomic E-state index is -1.02. The van der Waals surface area contributed by atoms with Gasteiger partial charge < -0.3 is 15.0 Å². The molecule has 2 aliphatic rings. The van der Waals surface area contributed by atoms with E-state index >= 15 is 0 Å². The number of hydrogen-bond acceptors (Lipinski definition) is 5. The highest BCUT2D eigenvalue weighted by atomic mass is 16.5. The van der Waals surface area contributed by atoms with Crippen molar-refractivity contribution in [3.8, 4) is 0 Å². The van der Waals surface area contributed by atoms with Crippen molar-refractivity contribution in [3.05, 3.63) is 53.9 Å². The predicted molar refractivity (Wildman–Crippen MR) is 128 cm³/mol. The van der Waals surface area contributed by atoms with Crippen molar-refractivity contribution in [1.29, 1.82) is 0 Å². The van der Waals surface area contributed by atoms with Crippen molar-refractivity contribution in [1.82, 2.24) is 30.8 Å². The van der Waals surface area contributed by atoms with Gasteiger partial charge in [-0.2, -0.15) is 5.21 Å². The van der Waals surface area contributed by atoms with E-state index in [-0.39, 0.29) is 17.4 Å². The van der Waals surface area contributed by atoms with Gasteiger partial charge >= 0.3 is 6.03 Å². The van der Waals surface area contributed by atoms with Crippen LogP contribution in [-0.4, -0.2) is 57.5 Å². The van der Waals surface area contributed by atoms with E-state index in [9.17, 15) is 4.79 Å². The fourth-order valence-electron chi connectivity index (χ4n) is 4.99. The van der Waals surface area contributed by atoms with Crippen LogP contribution in [0.1, 0.15) is 51.9 Å². The molecule has 33 heavy (non-hydrogen) atoms. The van der Waals surface area contributed by atoms with Crippen molar-refractivity contribution in [3.63, 3.8) is 0 Å². The van der Waals surface area contributed by atoms with Crippen molar-refractivity contribution in [2.24, 2.45) is 17.3 Å². The van der Waals surface area contributed by atoms with Crippen LogP contribution in [0.15, 0.2) is 42.5 Å². The van der Waals surface area contributed by atoms with E-state index in [1.807, 2.05) is 54.3 Å². The summed E-state index contributed by atoms with van der Waals surface area (Å²) in [5.74, 6) is 0.858. The monoisotopic (exact) mass is 450 g/mol. The third-order valence-corrected chi connectivity index (χ3v) is 7.18. The maximum Gasteiger partial charge on any atom is 0.319 e. The largest absolute Gasteiger partial charge is 0.355 e. The number of piperidine rings is 1. The summed E-state index contributed by atoms with van der Waals surface area (Å²) in [6.45, 7) is 10.3. The molecule has 1 fully saturated rings. The number of nitrogens with one attached hydrogen (secondary N) is 2. The van der Waals surface area contributed by atoms with Gasteiger partial charge in [0.2, 0.25) is 5.82 Å². The van der Waals surface area contributed by atoms with Crippen LogP contribution >= 0.6 is 0 Å². The van der Waals surface area contributed by atoms with Crippen molar-refractivity contribution in [2.45, 2.75) is 46.3 Å². The van der Waals surface area contributed by atoms with E-state index in [2.05, 4.69) is 46.7 Å². The molecule has 0 radical (unpaired) electrons. The minimum absolute atomic E-state index is 0.115. The van der Waals surface area contributed by atoms with Gasteiger partial charge in [-0.15, -0.1) is 10.2 Å². The highest BCUT2D eigenvalue weighted by Crippen LogP contribution is 2.42. The van der Waals surface area contributed by atoms with E-state index in [4.69, 9.17) is 4.74 Å². The summed E-state index contributed by atoms with van der Waals surface area (Å²) in [6, 6.07) is 9.95. The molecule has 1 aromatic carbocycles. The van der Waals surface area contributed by atoms with E-state index in [1.54, 1.807) is 7.11 Å². The minimum Gasteiger partial charge on any atom is -0.355 e. The number of methoxy groups -OCH3 is 1. The molecule has 1 saturated heterocycles. The summed E-state index contributed by atoms with van der Waals surface area (Å²) in [7, 11) is 1.62. The van der Waals surface area contributed by atoms with Gasteiger partial charge in [0, 0.05) is 31.7 Å². The van der Waals surface area contributed by atoms with Gasteiger partial charge in [0.25, 0.3) is 0 Å². The van der Waals surface area contributed by atoms with Crippen LogP contribution in [0.3, 0.4) is 0 Å². The number of rotatable bonds is 4. The van der Waals surface area contributed by atoms with Crippen LogP contribution < -0.4 is 5.32 Å². The van der Waals surface area contributed by atoms with Crippen LogP contribution in [0, 0.1) is 17.3 Å². The Morgan fingerprint density at radius 2 is 1.91 bits per heavy atom. The summed E-state index contributed by atoms with van der Waals surface area (Å²) in [6.07, 6.45) is 5.93. The number of carbonyl (C=O) groups excluding carboxylic acids is 1. The molecule has 176 valence electrons. The number of allylic oxidation sites excluding steroid dienone is 2. The lowest BCUT2D eigenvalue weighted by atomic mass is 9.75. The Hall–Kier alpha value is -3.00. The van der Waals surface area contributed by atoms with E-state index in [0.29, 0.717) is 11.7 Å². The molecular weight excluding hydrogens is 416 g/mol.